The van der Waals surface area contributed by atoms with Gasteiger partial charge in [-0.05, 0) is 31.4 Å². The van der Waals surface area contributed by atoms with Crippen LogP contribution in [0.2, 0.25) is 0 Å². The van der Waals surface area contributed by atoms with Crippen LogP contribution < -0.4 is 0 Å². The van der Waals surface area contributed by atoms with Crippen LogP contribution in [0.1, 0.15) is 32.3 Å². The van der Waals surface area contributed by atoms with Gasteiger partial charge in [-0.15, -0.1) is 11.8 Å². The van der Waals surface area contributed by atoms with Crippen LogP contribution in [0.25, 0.3) is 0 Å². The summed E-state index contributed by atoms with van der Waals surface area (Å²) in [4.78, 5) is 1.44. The molecule has 1 nitrogen and oxygen atoms in total. The Balaban J connectivity index is 1.79. The molecule has 1 aromatic rings. The van der Waals surface area contributed by atoms with Gasteiger partial charge in [-0.3, -0.25) is 0 Å². The zero-order valence-corrected chi connectivity index (χ0v) is 10.9. The average molecular weight is 236 g/mol. The summed E-state index contributed by atoms with van der Waals surface area (Å²) in [6, 6.07) is 8.70. The molecule has 88 valence electrons. The molecule has 0 fully saturated rings. The van der Waals surface area contributed by atoms with Gasteiger partial charge in [0, 0.05) is 10.1 Å². The van der Waals surface area contributed by atoms with Gasteiger partial charge in [0.05, 0.1) is 12.7 Å². The van der Waals surface area contributed by atoms with Gasteiger partial charge in [0.25, 0.3) is 0 Å². The normalized spacial score (nSPS) is 20.8. The number of hydrogen-bond acceptors (Lipinski definition) is 2. The zero-order chi connectivity index (χ0) is 11.4. The summed E-state index contributed by atoms with van der Waals surface area (Å²) in [5.74, 6) is 0. The van der Waals surface area contributed by atoms with Crippen molar-refractivity contribution in [2.24, 2.45) is 0 Å². The van der Waals surface area contributed by atoms with Crippen LogP contribution in [0.5, 0.6) is 0 Å². The number of rotatable bonds is 5. The smallest absolute Gasteiger partial charge is 0.0595 e. The van der Waals surface area contributed by atoms with Crippen molar-refractivity contribution in [2.45, 2.75) is 49.4 Å². The van der Waals surface area contributed by atoms with E-state index in [1.54, 1.807) is 0 Å². The maximum Gasteiger partial charge on any atom is 0.0595 e. The van der Waals surface area contributed by atoms with Gasteiger partial charge in [-0.25, -0.2) is 0 Å². The van der Waals surface area contributed by atoms with E-state index < -0.39 is 0 Å². The Hall–Kier alpha value is -0.470. The standard InChI is InChI=1S/C14H20OS/c1-3-6-11(2)15-10-13-9-12-7-4-5-8-14(12)16-13/h4-5,7-8,11,13H,3,6,9-10H2,1-2H3. The van der Waals surface area contributed by atoms with Crippen LogP contribution >= 0.6 is 11.8 Å². The second-order valence-electron chi connectivity index (χ2n) is 4.48. The molecular formula is C14H20OS. The topological polar surface area (TPSA) is 9.23 Å². The van der Waals surface area contributed by atoms with Gasteiger partial charge in [0.15, 0.2) is 0 Å². The number of fused-ring (bicyclic) bond motifs is 1. The van der Waals surface area contributed by atoms with Gasteiger partial charge in [-0.1, -0.05) is 31.5 Å². The number of ether oxygens (including phenoxy) is 1. The maximum absolute atomic E-state index is 5.88. The molecule has 1 heterocycles. The minimum atomic E-state index is 0.411. The van der Waals surface area contributed by atoms with Crippen LogP contribution in [0.4, 0.5) is 0 Å². The second-order valence-corrected chi connectivity index (χ2v) is 5.83. The molecule has 1 aromatic carbocycles. The van der Waals surface area contributed by atoms with Crippen LogP contribution in [-0.2, 0) is 11.2 Å². The third kappa shape index (κ3) is 3.02. The Kier molecular flexibility index (Phi) is 4.30. The van der Waals surface area contributed by atoms with Crippen molar-refractivity contribution in [1.82, 2.24) is 0 Å². The molecule has 2 rings (SSSR count). The first-order valence-electron chi connectivity index (χ1n) is 6.15. The van der Waals surface area contributed by atoms with Crippen molar-refractivity contribution < 1.29 is 4.74 Å². The maximum atomic E-state index is 5.88. The van der Waals surface area contributed by atoms with E-state index in [-0.39, 0.29) is 0 Å². The highest BCUT2D eigenvalue weighted by Gasteiger charge is 2.22. The highest BCUT2D eigenvalue weighted by atomic mass is 32.2. The summed E-state index contributed by atoms with van der Waals surface area (Å²) in [5, 5.41) is 0.622. The van der Waals surface area contributed by atoms with Crippen LogP contribution in [0.3, 0.4) is 0 Å². The summed E-state index contributed by atoms with van der Waals surface area (Å²) in [5.41, 5.74) is 1.49. The van der Waals surface area contributed by atoms with E-state index in [4.69, 9.17) is 4.74 Å². The molecule has 0 spiro atoms. The van der Waals surface area contributed by atoms with Gasteiger partial charge < -0.3 is 4.74 Å². The molecule has 0 amide bonds. The van der Waals surface area contributed by atoms with E-state index in [1.165, 1.54) is 29.7 Å². The Morgan fingerprint density at radius 1 is 1.44 bits per heavy atom. The second kappa shape index (κ2) is 5.74. The molecule has 1 aliphatic heterocycles. The molecule has 0 N–H and O–H groups in total. The molecule has 1 aliphatic rings. The minimum Gasteiger partial charge on any atom is -0.377 e. The average Bonchev–Trinajstić information content (AvgIpc) is 2.69. The Bertz CT molecular complexity index is 312. The van der Waals surface area contributed by atoms with Crippen molar-refractivity contribution in [3.63, 3.8) is 0 Å². The van der Waals surface area contributed by atoms with Crippen molar-refractivity contribution in [1.29, 1.82) is 0 Å². The van der Waals surface area contributed by atoms with Gasteiger partial charge in [-0.2, -0.15) is 0 Å². The van der Waals surface area contributed by atoms with E-state index >= 15 is 0 Å². The van der Waals surface area contributed by atoms with Crippen molar-refractivity contribution >= 4 is 11.8 Å². The molecule has 0 radical (unpaired) electrons. The molecule has 0 aromatic heterocycles. The van der Waals surface area contributed by atoms with Crippen molar-refractivity contribution in [2.75, 3.05) is 6.61 Å². The first-order valence-corrected chi connectivity index (χ1v) is 7.03. The molecule has 2 heteroatoms. The predicted octanol–water partition coefficient (Wildman–Crippen LogP) is 3.91. The predicted molar refractivity (Wildman–Crippen MR) is 70.1 cm³/mol. The lowest BCUT2D eigenvalue weighted by molar-refractivity contribution is 0.0612. The van der Waals surface area contributed by atoms with E-state index in [9.17, 15) is 0 Å². The molecule has 2 atom stereocenters. The van der Waals surface area contributed by atoms with Crippen molar-refractivity contribution in [3.05, 3.63) is 29.8 Å². The van der Waals surface area contributed by atoms with Crippen molar-refractivity contribution in [3.8, 4) is 0 Å². The van der Waals surface area contributed by atoms with Crippen LogP contribution in [0, 0.1) is 0 Å². The third-order valence-corrected chi connectivity index (χ3v) is 4.26. The number of hydrogen-bond donors (Lipinski definition) is 0. The summed E-state index contributed by atoms with van der Waals surface area (Å²) < 4.78 is 5.88. The SMILES string of the molecule is CCCC(C)OCC1Cc2ccccc2S1. The number of benzene rings is 1. The lowest BCUT2D eigenvalue weighted by atomic mass is 10.1. The molecule has 16 heavy (non-hydrogen) atoms. The fourth-order valence-corrected chi connectivity index (χ4v) is 3.34. The minimum absolute atomic E-state index is 0.411. The van der Waals surface area contributed by atoms with Gasteiger partial charge in [0.1, 0.15) is 0 Å². The molecular weight excluding hydrogens is 216 g/mol. The first-order chi connectivity index (χ1) is 7.79. The van der Waals surface area contributed by atoms with Gasteiger partial charge >= 0.3 is 0 Å². The molecule has 0 aliphatic carbocycles. The van der Waals surface area contributed by atoms with Crippen LogP contribution in [0.15, 0.2) is 29.2 Å². The molecule has 0 saturated carbocycles. The quantitative estimate of drug-likeness (QED) is 0.766. The van der Waals surface area contributed by atoms with E-state index in [1.807, 2.05) is 11.8 Å². The summed E-state index contributed by atoms with van der Waals surface area (Å²) in [6.45, 7) is 5.27. The Morgan fingerprint density at radius 3 is 3.00 bits per heavy atom. The van der Waals surface area contributed by atoms with E-state index in [2.05, 4.69) is 38.1 Å². The molecule has 2 unspecified atom stereocenters. The monoisotopic (exact) mass is 236 g/mol. The first kappa shape index (κ1) is 12.0. The fourth-order valence-electron chi connectivity index (χ4n) is 2.11. The molecule has 0 saturated heterocycles. The van der Waals surface area contributed by atoms with Gasteiger partial charge in [0.2, 0.25) is 0 Å². The Labute approximate surface area is 103 Å². The Morgan fingerprint density at radius 2 is 2.25 bits per heavy atom. The lowest BCUT2D eigenvalue weighted by Gasteiger charge is -2.15. The number of thioether (sulfide) groups is 1. The van der Waals surface area contributed by atoms with E-state index in [0.717, 1.165) is 6.61 Å². The summed E-state index contributed by atoms with van der Waals surface area (Å²) in [6.07, 6.45) is 3.96. The lowest BCUT2D eigenvalue weighted by Crippen LogP contribution is -2.17. The molecule has 0 bridgehead atoms. The zero-order valence-electron chi connectivity index (χ0n) is 10.1. The van der Waals surface area contributed by atoms with Crippen LogP contribution in [-0.4, -0.2) is 18.0 Å². The largest absolute Gasteiger partial charge is 0.377 e. The highest BCUT2D eigenvalue weighted by Crippen LogP contribution is 2.36. The summed E-state index contributed by atoms with van der Waals surface area (Å²) >= 11 is 1.97. The van der Waals surface area contributed by atoms with E-state index in [0.29, 0.717) is 11.4 Å². The third-order valence-electron chi connectivity index (χ3n) is 2.98. The fraction of sp³-hybridized carbons (Fsp3) is 0.571. The summed E-state index contributed by atoms with van der Waals surface area (Å²) in [7, 11) is 0. The highest BCUT2D eigenvalue weighted by molar-refractivity contribution is 8.00.